The van der Waals surface area contributed by atoms with Crippen molar-refractivity contribution in [1.82, 2.24) is 0 Å². The summed E-state index contributed by atoms with van der Waals surface area (Å²) in [6.45, 7) is 3.67. The lowest BCUT2D eigenvalue weighted by Gasteiger charge is -2.30. The average Bonchev–Trinajstić information content (AvgIpc) is 2.73. The van der Waals surface area contributed by atoms with Crippen molar-refractivity contribution in [3.05, 3.63) is 84.4 Å². The number of benzene rings is 3. The monoisotopic (exact) mass is 438 g/mol. The number of hydrogen-bond acceptors (Lipinski definition) is 4. The molecule has 0 fully saturated rings. The lowest BCUT2D eigenvalue weighted by atomic mass is 10.1. The molecule has 7 heteroatoms. The minimum Gasteiger partial charge on any atom is -0.457 e. The van der Waals surface area contributed by atoms with Gasteiger partial charge in [0.15, 0.2) is 0 Å². The summed E-state index contributed by atoms with van der Waals surface area (Å²) in [6.07, 6.45) is 1.43. The van der Waals surface area contributed by atoms with E-state index < -0.39 is 22.0 Å². The first-order valence-electron chi connectivity index (χ1n) is 9.98. The average molecular weight is 439 g/mol. The predicted octanol–water partition coefficient (Wildman–Crippen LogP) is 4.97. The molecule has 6 nitrogen and oxygen atoms in total. The lowest BCUT2D eigenvalue weighted by Crippen LogP contribution is -2.47. The van der Waals surface area contributed by atoms with E-state index in [9.17, 15) is 13.2 Å². The van der Waals surface area contributed by atoms with Crippen molar-refractivity contribution in [3.63, 3.8) is 0 Å². The van der Waals surface area contributed by atoms with Gasteiger partial charge in [0.1, 0.15) is 17.5 Å². The fourth-order valence-electron chi connectivity index (χ4n) is 3.28. The zero-order valence-corrected chi connectivity index (χ0v) is 18.6. The molecular formula is C24H26N2O4S. The molecule has 0 spiro atoms. The number of para-hydroxylation sites is 1. The standard InChI is InChI=1S/C24H26N2O4S/c1-4-23(26(31(3,28)29)20-10-8-9-18(2)17-20)24(27)25-19-13-15-22(16-14-19)30-21-11-6-5-7-12-21/h5-17,23H,4H2,1-3H3,(H,25,27)/t23-/m0/s1. The van der Waals surface area contributed by atoms with Crippen LogP contribution in [0.15, 0.2) is 78.9 Å². The first-order valence-corrected chi connectivity index (χ1v) is 11.8. The van der Waals surface area contributed by atoms with Crippen LogP contribution in [-0.2, 0) is 14.8 Å². The smallest absolute Gasteiger partial charge is 0.248 e. The molecule has 1 atom stereocenters. The number of nitrogens with zero attached hydrogens (tertiary/aromatic N) is 1. The van der Waals surface area contributed by atoms with Crippen LogP contribution in [0.4, 0.5) is 11.4 Å². The number of hydrogen-bond donors (Lipinski definition) is 1. The Bertz CT molecular complexity index is 1130. The molecular weight excluding hydrogens is 412 g/mol. The van der Waals surface area contributed by atoms with E-state index in [0.717, 1.165) is 11.8 Å². The van der Waals surface area contributed by atoms with Gasteiger partial charge in [0.05, 0.1) is 11.9 Å². The number of sulfonamides is 1. The third-order valence-corrected chi connectivity index (χ3v) is 5.87. The Morgan fingerprint density at radius 1 is 0.968 bits per heavy atom. The summed E-state index contributed by atoms with van der Waals surface area (Å²) >= 11 is 0. The molecule has 1 amide bonds. The van der Waals surface area contributed by atoms with Crippen LogP contribution in [0.2, 0.25) is 0 Å². The van der Waals surface area contributed by atoms with E-state index in [1.165, 1.54) is 4.31 Å². The van der Waals surface area contributed by atoms with Crippen molar-refractivity contribution in [2.45, 2.75) is 26.3 Å². The topological polar surface area (TPSA) is 75.7 Å². The minimum atomic E-state index is -3.67. The maximum atomic E-state index is 13.0. The molecule has 3 aromatic carbocycles. The highest BCUT2D eigenvalue weighted by Crippen LogP contribution is 2.26. The Kier molecular flexibility index (Phi) is 6.97. The van der Waals surface area contributed by atoms with E-state index in [1.807, 2.05) is 43.3 Å². The van der Waals surface area contributed by atoms with E-state index in [4.69, 9.17) is 4.74 Å². The van der Waals surface area contributed by atoms with E-state index >= 15 is 0 Å². The normalized spacial score (nSPS) is 12.1. The molecule has 0 unspecified atom stereocenters. The van der Waals surface area contributed by atoms with Crippen molar-refractivity contribution in [1.29, 1.82) is 0 Å². The number of carbonyl (C=O) groups excluding carboxylic acids is 1. The molecule has 31 heavy (non-hydrogen) atoms. The van der Waals surface area contributed by atoms with Crippen molar-refractivity contribution in [2.75, 3.05) is 15.9 Å². The third-order valence-electron chi connectivity index (χ3n) is 4.69. The Labute approximate surface area is 183 Å². The van der Waals surface area contributed by atoms with Gasteiger partial charge < -0.3 is 10.1 Å². The Balaban J connectivity index is 1.78. The second-order valence-corrected chi connectivity index (χ2v) is 9.11. The zero-order chi connectivity index (χ0) is 22.4. The van der Waals surface area contributed by atoms with Gasteiger partial charge in [-0.3, -0.25) is 9.10 Å². The van der Waals surface area contributed by atoms with Crippen LogP contribution in [0.25, 0.3) is 0 Å². The Hall–Kier alpha value is -3.32. The molecule has 0 aliphatic carbocycles. The SMILES string of the molecule is CC[C@@H](C(=O)Nc1ccc(Oc2ccccc2)cc1)N(c1cccc(C)c1)S(C)(=O)=O. The van der Waals surface area contributed by atoms with Crippen molar-refractivity contribution >= 4 is 27.3 Å². The molecule has 0 heterocycles. The van der Waals surface area contributed by atoms with Gasteiger partial charge in [-0.1, -0.05) is 37.3 Å². The van der Waals surface area contributed by atoms with Crippen LogP contribution < -0.4 is 14.4 Å². The summed E-state index contributed by atoms with van der Waals surface area (Å²) in [5, 5.41) is 2.82. The number of aryl methyl sites for hydroxylation is 1. The fraction of sp³-hybridized carbons (Fsp3) is 0.208. The minimum absolute atomic E-state index is 0.321. The van der Waals surface area contributed by atoms with Crippen LogP contribution >= 0.6 is 0 Å². The summed E-state index contributed by atoms with van der Waals surface area (Å²) in [7, 11) is -3.67. The van der Waals surface area contributed by atoms with Crippen LogP contribution in [0, 0.1) is 6.92 Å². The van der Waals surface area contributed by atoms with Crippen molar-refractivity contribution < 1.29 is 17.9 Å². The number of ether oxygens (including phenoxy) is 1. The molecule has 0 aliphatic rings. The van der Waals surface area contributed by atoms with E-state index in [1.54, 1.807) is 49.4 Å². The van der Waals surface area contributed by atoms with Gasteiger partial charge in [-0.25, -0.2) is 8.42 Å². The molecule has 1 N–H and O–H groups in total. The molecule has 162 valence electrons. The summed E-state index contributed by atoms with van der Waals surface area (Å²) < 4.78 is 32.0. The number of rotatable bonds is 8. The van der Waals surface area contributed by atoms with Crippen molar-refractivity contribution in [2.24, 2.45) is 0 Å². The molecule has 0 bridgehead atoms. The molecule has 0 aromatic heterocycles. The molecule has 3 rings (SSSR count). The fourth-order valence-corrected chi connectivity index (χ4v) is 4.49. The van der Waals surface area contributed by atoms with Gasteiger partial charge in [-0.05, 0) is 67.4 Å². The second kappa shape index (κ2) is 9.66. The van der Waals surface area contributed by atoms with Crippen LogP contribution in [0.5, 0.6) is 11.5 Å². The Morgan fingerprint density at radius 3 is 2.19 bits per heavy atom. The molecule has 0 saturated heterocycles. The highest BCUT2D eigenvalue weighted by molar-refractivity contribution is 7.92. The summed E-state index contributed by atoms with van der Waals surface area (Å²) in [5.41, 5.74) is 1.94. The summed E-state index contributed by atoms with van der Waals surface area (Å²) in [6, 6.07) is 22.6. The second-order valence-electron chi connectivity index (χ2n) is 7.25. The Morgan fingerprint density at radius 2 is 1.61 bits per heavy atom. The summed E-state index contributed by atoms with van der Waals surface area (Å²) in [4.78, 5) is 13.0. The van der Waals surface area contributed by atoms with E-state index in [-0.39, 0.29) is 0 Å². The van der Waals surface area contributed by atoms with Gasteiger partial charge in [-0.15, -0.1) is 0 Å². The first-order chi connectivity index (χ1) is 14.8. The highest BCUT2D eigenvalue weighted by Gasteiger charge is 2.31. The van der Waals surface area contributed by atoms with E-state index in [2.05, 4.69) is 5.32 Å². The van der Waals surface area contributed by atoms with Crippen LogP contribution in [0.3, 0.4) is 0 Å². The van der Waals surface area contributed by atoms with Gasteiger partial charge in [0.25, 0.3) is 0 Å². The third kappa shape index (κ3) is 5.86. The first kappa shape index (κ1) is 22.4. The highest BCUT2D eigenvalue weighted by atomic mass is 32.2. The van der Waals surface area contributed by atoms with Gasteiger partial charge in [0, 0.05) is 5.69 Å². The quantitative estimate of drug-likeness (QED) is 0.539. The number of anilines is 2. The predicted molar refractivity (Wildman–Crippen MR) is 124 cm³/mol. The maximum Gasteiger partial charge on any atom is 0.248 e. The number of amides is 1. The van der Waals surface area contributed by atoms with Crippen LogP contribution in [-0.4, -0.2) is 26.6 Å². The molecule has 0 saturated carbocycles. The summed E-state index contributed by atoms with van der Waals surface area (Å²) in [5.74, 6) is 0.951. The molecule has 0 radical (unpaired) electrons. The molecule has 3 aromatic rings. The number of carbonyl (C=O) groups is 1. The maximum absolute atomic E-state index is 13.0. The van der Waals surface area contributed by atoms with Gasteiger partial charge in [0.2, 0.25) is 15.9 Å². The van der Waals surface area contributed by atoms with E-state index in [0.29, 0.717) is 29.3 Å². The molecule has 0 aliphatic heterocycles. The van der Waals surface area contributed by atoms with Crippen molar-refractivity contribution in [3.8, 4) is 11.5 Å². The number of nitrogens with one attached hydrogen (secondary N) is 1. The van der Waals surface area contributed by atoms with Gasteiger partial charge in [-0.2, -0.15) is 0 Å². The van der Waals surface area contributed by atoms with Gasteiger partial charge >= 0.3 is 0 Å². The lowest BCUT2D eigenvalue weighted by molar-refractivity contribution is -0.117. The largest absolute Gasteiger partial charge is 0.457 e. The van der Waals surface area contributed by atoms with Crippen LogP contribution in [0.1, 0.15) is 18.9 Å². The zero-order valence-electron chi connectivity index (χ0n) is 17.8.